The molecule has 3 N–H and O–H groups in total. The Kier molecular flexibility index (Phi) is 9.07. The van der Waals surface area contributed by atoms with E-state index in [1.807, 2.05) is 11.8 Å². The molecule has 0 radical (unpaired) electrons. The highest BCUT2D eigenvalue weighted by Gasteiger charge is 2.29. The number of nitrogens with two attached hydrogens (primary N) is 1. The number of hydrogen-bond donors (Lipinski definition) is 2. The van der Waals surface area contributed by atoms with Crippen molar-refractivity contribution in [3.05, 3.63) is 59.5 Å². The maximum atomic E-state index is 15.3. The van der Waals surface area contributed by atoms with Crippen molar-refractivity contribution >= 4 is 23.1 Å². The summed E-state index contributed by atoms with van der Waals surface area (Å²) >= 11 is 6.18. The molecule has 1 atom stereocenters. The smallest absolute Gasteiger partial charge is 0.239 e. The highest BCUT2D eigenvalue weighted by atomic mass is 35.5. The number of halogens is 4. The third kappa shape index (κ3) is 7.08. The van der Waals surface area contributed by atoms with Crippen LogP contribution in [-0.4, -0.2) is 66.8 Å². The van der Waals surface area contributed by atoms with Crippen LogP contribution in [0.3, 0.4) is 0 Å². The van der Waals surface area contributed by atoms with Crippen LogP contribution < -0.4 is 15.8 Å². The zero-order chi connectivity index (χ0) is 29.8. The fraction of sp³-hybridized carbons (Fsp3) is 0.393. The molecule has 0 aromatic carbocycles. The first kappa shape index (κ1) is 29.5. The van der Waals surface area contributed by atoms with Gasteiger partial charge in [-0.3, -0.25) is 9.88 Å². The van der Waals surface area contributed by atoms with Crippen molar-refractivity contribution in [2.45, 2.75) is 38.8 Å². The number of anilines is 2. The summed E-state index contributed by atoms with van der Waals surface area (Å²) in [7, 11) is 1.76. The summed E-state index contributed by atoms with van der Waals surface area (Å²) in [5.41, 5.74) is 8.27. The second kappa shape index (κ2) is 12.9. The zero-order valence-electron chi connectivity index (χ0n) is 23.1. The summed E-state index contributed by atoms with van der Waals surface area (Å²) in [6.45, 7) is 3.90. The number of ether oxygens (including phenoxy) is 1. The summed E-state index contributed by atoms with van der Waals surface area (Å²) in [4.78, 5) is 19.0. The van der Waals surface area contributed by atoms with Gasteiger partial charge in [-0.05, 0) is 36.6 Å². The lowest BCUT2D eigenvalue weighted by Crippen LogP contribution is -2.46. The van der Waals surface area contributed by atoms with Crippen LogP contribution in [0.4, 0.5) is 24.7 Å². The lowest BCUT2D eigenvalue weighted by atomic mass is 9.96. The van der Waals surface area contributed by atoms with Gasteiger partial charge in [0.05, 0.1) is 12.8 Å². The molecule has 0 spiro atoms. The summed E-state index contributed by atoms with van der Waals surface area (Å²) in [5.74, 6) is 0.743. The molecular formula is C28H31ClF3N9O. The molecule has 0 saturated carbocycles. The lowest BCUT2D eigenvalue weighted by Gasteiger charge is -2.39. The number of aromatic nitrogens is 6. The van der Waals surface area contributed by atoms with Crippen molar-refractivity contribution in [3.8, 4) is 28.5 Å². The fourth-order valence-electron chi connectivity index (χ4n) is 4.89. The predicted molar refractivity (Wildman–Crippen MR) is 154 cm³/mol. The highest BCUT2D eigenvalue weighted by molar-refractivity contribution is 6.29. The van der Waals surface area contributed by atoms with Crippen LogP contribution >= 0.6 is 11.6 Å². The first-order valence-corrected chi connectivity index (χ1v) is 13.8. The zero-order valence-corrected chi connectivity index (χ0v) is 23.9. The number of nitrogen functional groups attached to an aromatic ring is 1. The summed E-state index contributed by atoms with van der Waals surface area (Å²) < 4.78 is 48.0. The minimum absolute atomic E-state index is 0.0216. The van der Waals surface area contributed by atoms with Gasteiger partial charge in [0.25, 0.3) is 0 Å². The van der Waals surface area contributed by atoms with Crippen LogP contribution in [0, 0.1) is 11.7 Å². The van der Waals surface area contributed by atoms with Gasteiger partial charge >= 0.3 is 0 Å². The molecule has 0 aliphatic carbocycles. The van der Waals surface area contributed by atoms with E-state index in [1.54, 1.807) is 42.5 Å². The van der Waals surface area contributed by atoms with E-state index in [0.29, 0.717) is 72.6 Å². The monoisotopic (exact) mass is 601 g/mol. The first-order chi connectivity index (χ1) is 20.2. The van der Waals surface area contributed by atoms with Crippen molar-refractivity contribution in [2.24, 2.45) is 13.0 Å². The second-order valence-corrected chi connectivity index (χ2v) is 10.8. The van der Waals surface area contributed by atoms with Gasteiger partial charge in [-0.25, -0.2) is 32.8 Å². The first-order valence-electron chi connectivity index (χ1n) is 13.5. The molecule has 1 aliphatic heterocycles. The van der Waals surface area contributed by atoms with E-state index in [4.69, 9.17) is 22.1 Å². The molecule has 5 rings (SSSR count). The number of nitrogens with one attached hydrogen (secondary N) is 1. The molecule has 1 aliphatic rings. The average Bonchev–Trinajstić information content (AvgIpc) is 3.28. The van der Waals surface area contributed by atoms with Crippen LogP contribution in [0.15, 0.2) is 43.0 Å². The van der Waals surface area contributed by atoms with E-state index in [1.165, 1.54) is 12.3 Å². The molecule has 0 bridgehead atoms. The Hall–Kier alpha value is -3.97. The molecule has 10 nitrogen and oxygen atoms in total. The number of pyridine rings is 2. The third-order valence-electron chi connectivity index (χ3n) is 6.97. The fourth-order valence-corrected chi connectivity index (χ4v) is 5.05. The Morgan fingerprint density at radius 2 is 1.95 bits per heavy atom. The van der Waals surface area contributed by atoms with Gasteiger partial charge in [0.2, 0.25) is 12.3 Å². The highest BCUT2D eigenvalue weighted by Crippen LogP contribution is 2.32. The van der Waals surface area contributed by atoms with Gasteiger partial charge in [0.1, 0.15) is 28.0 Å². The molecule has 1 saturated heterocycles. The summed E-state index contributed by atoms with van der Waals surface area (Å²) in [5, 5.41) is 7.87. The number of alkyl halides is 2. The molecular weight excluding hydrogens is 571 g/mol. The SMILES string of the molecule is C[C@@H](CCOc1c(-c2nccc(N)n2)cnn1C)Nc1cc(Cl)ncc1-c1ncc(CN2CC(CC(F)F)C2)cc1F. The van der Waals surface area contributed by atoms with Crippen molar-refractivity contribution in [3.63, 3.8) is 0 Å². The van der Waals surface area contributed by atoms with Crippen molar-refractivity contribution in [1.82, 2.24) is 34.6 Å². The van der Waals surface area contributed by atoms with Gasteiger partial charge < -0.3 is 15.8 Å². The molecule has 42 heavy (non-hydrogen) atoms. The van der Waals surface area contributed by atoms with Gasteiger partial charge in [0.15, 0.2) is 5.82 Å². The maximum Gasteiger partial charge on any atom is 0.239 e. The van der Waals surface area contributed by atoms with E-state index in [-0.39, 0.29) is 29.2 Å². The number of likely N-dealkylation sites (tertiary alicyclic amines) is 1. The number of nitrogens with zero attached hydrogens (tertiary/aromatic N) is 7. The van der Waals surface area contributed by atoms with Crippen LogP contribution in [0.2, 0.25) is 5.15 Å². The normalized spacial score (nSPS) is 14.6. The quantitative estimate of drug-likeness (QED) is 0.215. The Balaban J connectivity index is 1.22. The molecule has 1 fully saturated rings. The molecule has 222 valence electrons. The molecule has 14 heteroatoms. The Morgan fingerprint density at radius 1 is 1.14 bits per heavy atom. The number of aryl methyl sites for hydroxylation is 1. The largest absolute Gasteiger partial charge is 0.477 e. The molecule has 4 aromatic heterocycles. The Labute approximate surface area is 246 Å². The van der Waals surface area contributed by atoms with Crippen molar-refractivity contribution in [1.29, 1.82) is 0 Å². The van der Waals surface area contributed by atoms with E-state index in [2.05, 4.69) is 30.4 Å². The Morgan fingerprint density at radius 3 is 2.69 bits per heavy atom. The molecule has 0 unspecified atom stereocenters. The average molecular weight is 602 g/mol. The minimum atomic E-state index is -2.30. The van der Waals surface area contributed by atoms with E-state index in [9.17, 15) is 8.78 Å². The van der Waals surface area contributed by atoms with E-state index < -0.39 is 12.2 Å². The summed E-state index contributed by atoms with van der Waals surface area (Å²) in [6, 6.07) is 4.56. The summed E-state index contributed by atoms with van der Waals surface area (Å²) in [6.07, 6.45) is 4.46. The van der Waals surface area contributed by atoms with Gasteiger partial charge in [-0.15, -0.1) is 0 Å². The number of hydrogen-bond acceptors (Lipinski definition) is 9. The lowest BCUT2D eigenvalue weighted by molar-refractivity contribution is 0.0316. The Bertz CT molecular complexity index is 1530. The standard InChI is InChI=1S/C28H31ClF3N9O/c1-16(4-6-42-28-20(12-37-40(28)2)27-34-5-3-25(33)39-27)38-22-9-23(29)35-11-19(22)26-21(30)7-17(10-36-26)13-41-14-18(15-41)8-24(31)32/h3,5,7,9-12,16,18,24H,4,6,8,13-15H2,1-2H3,(H,35,38)(H2,33,34,39)/t16-/m0/s1. The molecule has 5 heterocycles. The maximum absolute atomic E-state index is 15.3. The van der Waals surface area contributed by atoms with E-state index >= 15 is 4.39 Å². The van der Waals surface area contributed by atoms with Crippen LogP contribution in [-0.2, 0) is 13.6 Å². The van der Waals surface area contributed by atoms with E-state index in [0.717, 1.165) is 0 Å². The number of rotatable bonds is 12. The minimum Gasteiger partial charge on any atom is -0.477 e. The van der Waals surface area contributed by atoms with Crippen LogP contribution in [0.25, 0.3) is 22.6 Å². The second-order valence-electron chi connectivity index (χ2n) is 10.4. The van der Waals surface area contributed by atoms with Crippen LogP contribution in [0.5, 0.6) is 5.88 Å². The van der Waals surface area contributed by atoms with Gasteiger partial charge in [-0.1, -0.05) is 11.6 Å². The molecule has 0 amide bonds. The molecule has 4 aromatic rings. The van der Waals surface area contributed by atoms with Gasteiger partial charge in [-0.2, -0.15) is 5.10 Å². The van der Waals surface area contributed by atoms with Gasteiger partial charge in [0, 0.05) is 75.4 Å². The van der Waals surface area contributed by atoms with Crippen LogP contribution in [0.1, 0.15) is 25.3 Å². The van der Waals surface area contributed by atoms with Crippen molar-refractivity contribution in [2.75, 3.05) is 30.7 Å². The predicted octanol–water partition coefficient (Wildman–Crippen LogP) is 5.07. The topological polar surface area (TPSA) is 120 Å². The third-order valence-corrected chi connectivity index (χ3v) is 7.17. The van der Waals surface area contributed by atoms with Crippen molar-refractivity contribution < 1.29 is 17.9 Å².